The van der Waals surface area contributed by atoms with Gasteiger partial charge in [0.25, 0.3) is 0 Å². The van der Waals surface area contributed by atoms with E-state index in [0.29, 0.717) is 0 Å². The van der Waals surface area contributed by atoms with Crippen molar-refractivity contribution in [3.05, 3.63) is 54.1 Å². The molecule has 0 atom stereocenters. The number of ether oxygens (including phenoxy) is 2. The Bertz CT molecular complexity index is 647. The topological polar surface area (TPSA) is 30.8 Å². The lowest BCUT2D eigenvalue weighted by Gasteiger charge is -2.06. The maximum Gasteiger partial charge on any atom is 0.119 e. The smallest absolute Gasteiger partial charge is 0.119 e. The Kier molecular flexibility index (Phi) is 10.1. The molecular weight excluding hydrogens is 334 g/mol. The quantitative estimate of drug-likeness (QED) is 0.283. The second-order valence-corrected chi connectivity index (χ2v) is 6.79. The number of rotatable bonds is 13. The molecule has 2 aromatic carbocycles. The Balaban J connectivity index is 1.72. The Labute approximate surface area is 164 Å². The molecule has 0 saturated heterocycles. The van der Waals surface area contributed by atoms with Crippen LogP contribution in [-0.2, 0) is 0 Å². The molecule has 2 rings (SSSR count). The van der Waals surface area contributed by atoms with Gasteiger partial charge in [-0.2, -0.15) is 0 Å². The normalized spacial score (nSPS) is 11.0. The van der Waals surface area contributed by atoms with E-state index in [9.17, 15) is 0 Å². The fourth-order valence-corrected chi connectivity index (χ4v) is 2.72. The van der Waals surface area contributed by atoms with Gasteiger partial charge in [-0.3, -0.25) is 4.99 Å². The summed E-state index contributed by atoms with van der Waals surface area (Å²) in [5.74, 6) is 1.82. The van der Waals surface area contributed by atoms with E-state index in [-0.39, 0.29) is 0 Å². The van der Waals surface area contributed by atoms with E-state index in [0.717, 1.165) is 48.8 Å². The van der Waals surface area contributed by atoms with Gasteiger partial charge in [-0.15, -0.1) is 0 Å². The van der Waals surface area contributed by atoms with Crippen LogP contribution in [0.15, 0.2) is 53.5 Å². The van der Waals surface area contributed by atoms with Gasteiger partial charge in [0.1, 0.15) is 11.5 Å². The van der Waals surface area contributed by atoms with Gasteiger partial charge in [0, 0.05) is 6.21 Å². The van der Waals surface area contributed by atoms with E-state index in [1.54, 1.807) is 0 Å². The molecule has 0 saturated carbocycles. The highest BCUT2D eigenvalue weighted by atomic mass is 16.5. The Hall–Kier alpha value is -2.29. The van der Waals surface area contributed by atoms with E-state index in [1.165, 1.54) is 32.1 Å². The molecule has 0 aliphatic rings. The van der Waals surface area contributed by atoms with Gasteiger partial charge in [0.15, 0.2) is 0 Å². The van der Waals surface area contributed by atoms with Gasteiger partial charge < -0.3 is 9.47 Å². The van der Waals surface area contributed by atoms with Crippen molar-refractivity contribution in [2.45, 2.75) is 58.8 Å². The number of hydrogen-bond acceptors (Lipinski definition) is 3. The third-order valence-electron chi connectivity index (χ3n) is 4.32. The van der Waals surface area contributed by atoms with Crippen molar-refractivity contribution in [2.24, 2.45) is 4.99 Å². The zero-order chi connectivity index (χ0) is 19.2. The first-order valence-corrected chi connectivity index (χ1v) is 10.3. The number of hydrogen-bond donors (Lipinski definition) is 0. The molecule has 2 aromatic rings. The summed E-state index contributed by atoms with van der Waals surface area (Å²) in [5, 5.41) is 0. The van der Waals surface area contributed by atoms with E-state index in [2.05, 4.69) is 18.8 Å². The standard InChI is InChI=1S/C24H33NO2/c1-3-5-6-7-8-9-19-27-23-14-10-21(11-15-23)20-25-22-12-16-24(17-13-22)26-18-4-2/h10-17,20H,3-9,18-19H2,1-2H3. The van der Waals surface area contributed by atoms with Crippen molar-refractivity contribution in [1.82, 2.24) is 0 Å². The third kappa shape index (κ3) is 8.76. The van der Waals surface area contributed by atoms with Crippen molar-refractivity contribution < 1.29 is 9.47 Å². The Morgan fingerprint density at radius 1 is 0.667 bits per heavy atom. The van der Waals surface area contributed by atoms with Gasteiger partial charge in [-0.05, 0) is 66.9 Å². The molecule has 3 nitrogen and oxygen atoms in total. The summed E-state index contributed by atoms with van der Waals surface area (Å²) in [5.41, 5.74) is 1.98. The maximum absolute atomic E-state index is 5.82. The summed E-state index contributed by atoms with van der Waals surface area (Å²) in [6.45, 7) is 5.89. The van der Waals surface area contributed by atoms with Gasteiger partial charge in [-0.25, -0.2) is 0 Å². The van der Waals surface area contributed by atoms with Crippen LogP contribution in [0.25, 0.3) is 0 Å². The maximum atomic E-state index is 5.82. The zero-order valence-electron chi connectivity index (χ0n) is 16.8. The van der Waals surface area contributed by atoms with Gasteiger partial charge in [0.05, 0.1) is 18.9 Å². The summed E-state index contributed by atoms with van der Waals surface area (Å²) in [6, 6.07) is 16.0. The van der Waals surface area contributed by atoms with Crippen LogP contribution in [-0.4, -0.2) is 19.4 Å². The highest BCUT2D eigenvalue weighted by molar-refractivity contribution is 5.82. The number of aliphatic imine (C=N–C) groups is 1. The predicted molar refractivity (Wildman–Crippen MR) is 115 cm³/mol. The largest absolute Gasteiger partial charge is 0.494 e. The monoisotopic (exact) mass is 367 g/mol. The van der Waals surface area contributed by atoms with Crippen LogP contribution in [0.1, 0.15) is 64.4 Å². The van der Waals surface area contributed by atoms with Gasteiger partial charge >= 0.3 is 0 Å². The van der Waals surface area contributed by atoms with Crippen LogP contribution in [0.5, 0.6) is 11.5 Å². The molecule has 0 aliphatic carbocycles. The average molecular weight is 368 g/mol. The molecule has 0 bridgehead atoms. The minimum atomic E-state index is 0.746. The van der Waals surface area contributed by atoms with Crippen LogP contribution in [0.4, 0.5) is 5.69 Å². The number of unbranched alkanes of at least 4 members (excludes halogenated alkanes) is 5. The first-order valence-electron chi connectivity index (χ1n) is 10.3. The van der Waals surface area contributed by atoms with Crippen molar-refractivity contribution in [3.63, 3.8) is 0 Å². The van der Waals surface area contributed by atoms with Gasteiger partial charge in [0.2, 0.25) is 0 Å². The first-order chi connectivity index (χ1) is 13.3. The SMILES string of the molecule is CCCCCCCCOc1ccc(C=Nc2ccc(OCCC)cc2)cc1. The summed E-state index contributed by atoms with van der Waals surface area (Å²) in [6.07, 6.45) is 10.6. The number of benzene rings is 2. The summed E-state index contributed by atoms with van der Waals surface area (Å²) < 4.78 is 11.4. The summed E-state index contributed by atoms with van der Waals surface area (Å²) >= 11 is 0. The Morgan fingerprint density at radius 3 is 1.93 bits per heavy atom. The molecule has 0 aliphatic heterocycles. The minimum absolute atomic E-state index is 0.746. The third-order valence-corrected chi connectivity index (χ3v) is 4.32. The van der Waals surface area contributed by atoms with Crippen molar-refractivity contribution in [2.75, 3.05) is 13.2 Å². The molecule has 27 heavy (non-hydrogen) atoms. The van der Waals surface area contributed by atoms with E-state index in [4.69, 9.17) is 9.47 Å². The van der Waals surface area contributed by atoms with Crippen molar-refractivity contribution in [1.29, 1.82) is 0 Å². The fourth-order valence-electron chi connectivity index (χ4n) is 2.72. The summed E-state index contributed by atoms with van der Waals surface area (Å²) in [7, 11) is 0. The molecule has 0 N–H and O–H groups in total. The zero-order valence-corrected chi connectivity index (χ0v) is 16.8. The predicted octanol–water partition coefficient (Wildman–Crippen LogP) is 6.97. The lowest BCUT2D eigenvalue weighted by molar-refractivity contribution is 0.304. The highest BCUT2D eigenvalue weighted by Crippen LogP contribution is 2.19. The van der Waals surface area contributed by atoms with Crippen LogP contribution < -0.4 is 9.47 Å². The van der Waals surface area contributed by atoms with E-state index < -0.39 is 0 Å². The molecule has 0 fully saturated rings. The first kappa shape index (κ1) is 21.0. The van der Waals surface area contributed by atoms with Crippen molar-refractivity contribution >= 4 is 11.9 Å². The van der Waals surface area contributed by atoms with Gasteiger partial charge in [-0.1, -0.05) is 46.0 Å². The Morgan fingerprint density at radius 2 is 1.26 bits per heavy atom. The second kappa shape index (κ2) is 13.0. The molecule has 146 valence electrons. The van der Waals surface area contributed by atoms with Crippen LogP contribution >= 0.6 is 0 Å². The molecule has 0 radical (unpaired) electrons. The lowest BCUT2D eigenvalue weighted by atomic mass is 10.1. The van der Waals surface area contributed by atoms with E-state index >= 15 is 0 Å². The molecule has 0 spiro atoms. The lowest BCUT2D eigenvalue weighted by Crippen LogP contribution is -1.97. The van der Waals surface area contributed by atoms with Crippen molar-refractivity contribution in [3.8, 4) is 11.5 Å². The molecule has 0 aromatic heterocycles. The second-order valence-electron chi connectivity index (χ2n) is 6.79. The van der Waals surface area contributed by atoms with Crippen LogP contribution in [0, 0.1) is 0 Å². The molecule has 0 heterocycles. The highest BCUT2D eigenvalue weighted by Gasteiger charge is 1.96. The number of nitrogens with zero attached hydrogens (tertiary/aromatic N) is 1. The van der Waals surface area contributed by atoms with E-state index in [1.807, 2.05) is 54.7 Å². The average Bonchev–Trinajstić information content (AvgIpc) is 2.71. The molecule has 0 amide bonds. The van der Waals surface area contributed by atoms with Crippen LogP contribution in [0.3, 0.4) is 0 Å². The fraction of sp³-hybridized carbons (Fsp3) is 0.458. The molecular formula is C24H33NO2. The molecule has 0 unspecified atom stereocenters. The van der Waals surface area contributed by atoms with Crippen LogP contribution in [0.2, 0.25) is 0 Å². The minimum Gasteiger partial charge on any atom is -0.494 e. The molecule has 3 heteroatoms. The summed E-state index contributed by atoms with van der Waals surface area (Å²) in [4.78, 5) is 4.52.